The SMILES string of the molecule is O=C1COc2ccc(-c3cc(-c4ccc(Cl)cc4)cc(-c4ccc(Br)cc4)n3)cc2N1. The summed E-state index contributed by atoms with van der Waals surface area (Å²) in [6.45, 7) is 0.0321. The summed E-state index contributed by atoms with van der Waals surface area (Å²) in [6.07, 6.45) is 0. The third-order valence-corrected chi connectivity index (χ3v) is 5.83. The van der Waals surface area contributed by atoms with Gasteiger partial charge in [0.15, 0.2) is 6.61 Å². The summed E-state index contributed by atoms with van der Waals surface area (Å²) in [5.41, 5.74) is 6.27. The molecule has 2 heterocycles. The zero-order valence-electron chi connectivity index (χ0n) is 16.2. The maximum Gasteiger partial charge on any atom is 0.262 e. The Morgan fingerprint density at radius 1 is 0.806 bits per heavy atom. The Labute approximate surface area is 193 Å². The summed E-state index contributed by atoms with van der Waals surface area (Å²) in [5.74, 6) is 0.494. The van der Waals surface area contributed by atoms with Crippen LogP contribution < -0.4 is 10.1 Å². The van der Waals surface area contributed by atoms with Crippen molar-refractivity contribution in [1.82, 2.24) is 4.98 Å². The first-order valence-corrected chi connectivity index (χ1v) is 10.8. The number of carbonyl (C=O) groups excluding carboxylic acids is 1. The fourth-order valence-corrected chi connectivity index (χ4v) is 3.89. The van der Waals surface area contributed by atoms with Gasteiger partial charge in [-0.25, -0.2) is 4.98 Å². The lowest BCUT2D eigenvalue weighted by atomic mass is 9.99. The predicted octanol–water partition coefficient (Wildman–Crippen LogP) is 6.83. The molecular formula is C25H16BrClN2O2. The highest BCUT2D eigenvalue weighted by atomic mass is 79.9. The Kier molecular flexibility index (Phi) is 5.22. The van der Waals surface area contributed by atoms with E-state index in [1.54, 1.807) is 0 Å². The molecule has 4 aromatic rings. The second-order valence-corrected chi connectivity index (χ2v) is 8.54. The standard InChI is InChI=1S/C25H16BrClN2O2/c26-19-6-1-16(2-7-19)21-12-18(15-3-8-20(27)9-4-15)13-22(28-21)17-5-10-24-23(11-17)29-25(30)14-31-24/h1-13H,14H2,(H,29,30). The molecule has 0 saturated heterocycles. The molecule has 0 aliphatic carbocycles. The molecule has 0 spiro atoms. The number of amides is 1. The summed E-state index contributed by atoms with van der Waals surface area (Å²) in [6, 6.07) is 25.6. The van der Waals surface area contributed by atoms with Crippen molar-refractivity contribution < 1.29 is 9.53 Å². The zero-order valence-corrected chi connectivity index (χ0v) is 18.6. The van der Waals surface area contributed by atoms with E-state index in [1.165, 1.54) is 0 Å². The van der Waals surface area contributed by atoms with Gasteiger partial charge in [0.1, 0.15) is 5.75 Å². The van der Waals surface area contributed by atoms with E-state index in [2.05, 4.69) is 27.3 Å². The summed E-state index contributed by atoms with van der Waals surface area (Å²) in [4.78, 5) is 16.7. The van der Waals surface area contributed by atoms with E-state index < -0.39 is 0 Å². The number of ether oxygens (including phenoxy) is 1. The fraction of sp³-hybridized carbons (Fsp3) is 0.0400. The van der Waals surface area contributed by atoms with Crippen molar-refractivity contribution >= 4 is 39.1 Å². The van der Waals surface area contributed by atoms with Crippen LogP contribution in [0.5, 0.6) is 5.75 Å². The second kappa shape index (κ2) is 8.17. The first-order valence-electron chi connectivity index (χ1n) is 9.66. The number of hydrogen-bond acceptors (Lipinski definition) is 3. The monoisotopic (exact) mass is 490 g/mol. The number of hydrogen-bond donors (Lipinski definition) is 1. The van der Waals surface area contributed by atoms with Crippen LogP contribution in [0, 0.1) is 0 Å². The molecule has 0 bridgehead atoms. The van der Waals surface area contributed by atoms with Gasteiger partial charge in [0, 0.05) is 20.6 Å². The first kappa shape index (κ1) is 19.8. The number of halogens is 2. The average molecular weight is 492 g/mol. The highest BCUT2D eigenvalue weighted by Crippen LogP contribution is 2.35. The number of carbonyl (C=O) groups is 1. The summed E-state index contributed by atoms with van der Waals surface area (Å²) < 4.78 is 6.50. The molecule has 3 aromatic carbocycles. The van der Waals surface area contributed by atoms with Crippen LogP contribution in [-0.4, -0.2) is 17.5 Å². The molecule has 4 nitrogen and oxygen atoms in total. The third kappa shape index (κ3) is 4.20. The van der Waals surface area contributed by atoms with Crippen LogP contribution in [0.2, 0.25) is 5.02 Å². The van der Waals surface area contributed by atoms with Gasteiger partial charge >= 0.3 is 0 Å². The highest BCUT2D eigenvalue weighted by Gasteiger charge is 2.17. The summed E-state index contributed by atoms with van der Waals surface area (Å²) in [7, 11) is 0. The highest BCUT2D eigenvalue weighted by molar-refractivity contribution is 9.10. The summed E-state index contributed by atoms with van der Waals surface area (Å²) >= 11 is 9.57. The minimum Gasteiger partial charge on any atom is -0.482 e. The maximum absolute atomic E-state index is 11.7. The first-order chi connectivity index (χ1) is 15.0. The zero-order chi connectivity index (χ0) is 21.4. The van der Waals surface area contributed by atoms with E-state index in [0.29, 0.717) is 16.5 Å². The topological polar surface area (TPSA) is 51.2 Å². The van der Waals surface area contributed by atoms with E-state index >= 15 is 0 Å². The van der Waals surface area contributed by atoms with Gasteiger partial charge in [-0.05, 0) is 65.7 Å². The van der Waals surface area contributed by atoms with E-state index in [4.69, 9.17) is 21.3 Å². The van der Waals surface area contributed by atoms with Gasteiger partial charge in [-0.2, -0.15) is 0 Å². The minimum atomic E-state index is -0.164. The quantitative estimate of drug-likeness (QED) is 0.342. The average Bonchev–Trinajstić information content (AvgIpc) is 2.79. The van der Waals surface area contributed by atoms with Crippen molar-refractivity contribution in [3.8, 4) is 39.4 Å². The van der Waals surface area contributed by atoms with E-state index in [0.717, 1.165) is 38.1 Å². The number of nitrogens with zero attached hydrogens (tertiary/aromatic N) is 1. The smallest absolute Gasteiger partial charge is 0.262 e. The van der Waals surface area contributed by atoms with Crippen LogP contribution in [0.15, 0.2) is 83.3 Å². The van der Waals surface area contributed by atoms with Crippen LogP contribution in [0.1, 0.15) is 0 Å². The number of fused-ring (bicyclic) bond motifs is 1. The van der Waals surface area contributed by atoms with Gasteiger partial charge in [-0.15, -0.1) is 0 Å². The van der Waals surface area contributed by atoms with Gasteiger partial charge in [0.2, 0.25) is 0 Å². The minimum absolute atomic E-state index is 0.0321. The number of rotatable bonds is 3. The molecule has 0 radical (unpaired) electrons. The molecule has 31 heavy (non-hydrogen) atoms. The van der Waals surface area contributed by atoms with Gasteiger partial charge in [-0.3, -0.25) is 4.79 Å². The molecule has 5 rings (SSSR count). The lowest BCUT2D eigenvalue weighted by Gasteiger charge is -2.18. The molecule has 1 aliphatic heterocycles. The van der Waals surface area contributed by atoms with Crippen molar-refractivity contribution in [3.05, 3.63) is 88.4 Å². The molecule has 0 fully saturated rings. The predicted molar refractivity (Wildman–Crippen MR) is 127 cm³/mol. The van der Waals surface area contributed by atoms with Crippen LogP contribution in [0.25, 0.3) is 33.6 Å². The Bertz CT molecular complexity index is 1220. The third-order valence-electron chi connectivity index (χ3n) is 5.05. The summed E-state index contributed by atoms with van der Waals surface area (Å²) in [5, 5.41) is 3.55. The molecule has 0 atom stereocenters. The van der Waals surface area contributed by atoms with Gasteiger partial charge < -0.3 is 10.1 Å². The Morgan fingerprint density at radius 2 is 1.45 bits per heavy atom. The molecular weight excluding hydrogens is 476 g/mol. The lowest BCUT2D eigenvalue weighted by molar-refractivity contribution is -0.118. The lowest BCUT2D eigenvalue weighted by Crippen LogP contribution is -2.25. The van der Waals surface area contributed by atoms with Crippen LogP contribution in [-0.2, 0) is 4.79 Å². The molecule has 1 N–H and O–H groups in total. The van der Waals surface area contributed by atoms with Gasteiger partial charge in [0.05, 0.1) is 17.1 Å². The molecule has 152 valence electrons. The molecule has 1 aliphatic rings. The van der Waals surface area contributed by atoms with Gasteiger partial charge in [0.25, 0.3) is 5.91 Å². The largest absolute Gasteiger partial charge is 0.482 e. The van der Waals surface area contributed by atoms with Crippen molar-refractivity contribution in [2.75, 3.05) is 11.9 Å². The van der Waals surface area contributed by atoms with E-state index in [9.17, 15) is 4.79 Å². The van der Waals surface area contributed by atoms with E-state index in [1.807, 2.05) is 72.8 Å². The maximum atomic E-state index is 11.7. The van der Waals surface area contributed by atoms with Crippen LogP contribution in [0.4, 0.5) is 5.69 Å². The molecule has 6 heteroatoms. The van der Waals surface area contributed by atoms with Crippen molar-refractivity contribution in [3.63, 3.8) is 0 Å². The second-order valence-electron chi connectivity index (χ2n) is 7.19. The van der Waals surface area contributed by atoms with Crippen LogP contribution >= 0.6 is 27.5 Å². The number of benzene rings is 3. The molecule has 1 amide bonds. The van der Waals surface area contributed by atoms with Crippen LogP contribution in [0.3, 0.4) is 0 Å². The number of aromatic nitrogens is 1. The van der Waals surface area contributed by atoms with Gasteiger partial charge in [-0.1, -0.05) is 51.8 Å². The fourth-order valence-electron chi connectivity index (χ4n) is 3.50. The van der Waals surface area contributed by atoms with Crippen molar-refractivity contribution in [2.45, 2.75) is 0 Å². The van der Waals surface area contributed by atoms with E-state index in [-0.39, 0.29) is 12.5 Å². The molecule has 1 aromatic heterocycles. The Balaban J connectivity index is 1.66. The Hall–Kier alpha value is -3.15. The molecule has 0 unspecified atom stereocenters. The van der Waals surface area contributed by atoms with Crippen molar-refractivity contribution in [2.24, 2.45) is 0 Å². The van der Waals surface area contributed by atoms with Crippen molar-refractivity contribution in [1.29, 1.82) is 0 Å². The molecule has 0 saturated carbocycles. The number of nitrogens with one attached hydrogen (secondary N) is 1. The number of pyridine rings is 1. The normalized spacial score (nSPS) is 12.6. The Morgan fingerprint density at radius 3 is 2.19 bits per heavy atom. The number of anilines is 1.